The Morgan fingerprint density at radius 2 is 1.90 bits per heavy atom. The van der Waals surface area contributed by atoms with Gasteiger partial charge in [-0.1, -0.05) is 17.7 Å². The van der Waals surface area contributed by atoms with Crippen LogP contribution >= 0.6 is 11.6 Å². The molecule has 0 aliphatic heterocycles. The van der Waals surface area contributed by atoms with Crippen LogP contribution in [0.5, 0.6) is 5.75 Å². The van der Waals surface area contributed by atoms with Crippen molar-refractivity contribution in [3.05, 3.63) is 53.1 Å². The van der Waals surface area contributed by atoms with E-state index in [4.69, 9.17) is 22.1 Å². The van der Waals surface area contributed by atoms with Gasteiger partial charge in [-0.25, -0.2) is 0 Å². The van der Waals surface area contributed by atoms with Crippen LogP contribution in [0.2, 0.25) is 5.02 Å². The molecule has 0 spiro atoms. The molecule has 5 heteroatoms. The van der Waals surface area contributed by atoms with E-state index in [2.05, 4.69) is 5.32 Å². The van der Waals surface area contributed by atoms with Crippen molar-refractivity contribution in [1.82, 2.24) is 0 Å². The Kier molecular flexibility index (Phi) is 4.70. The molecular weight excluding hydrogens is 288 g/mol. The predicted molar refractivity (Wildman–Crippen MR) is 85.8 cm³/mol. The summed E-state index contributed by atoms with van der Waals surface area (Å²) in [4.78, 5) is 12.1. The fourth-order valence-corrected chi connectivity index (χ4v) is 1.92. The third-order valence-electron chi connectivity index (χ3n) is 3.00. The van der Waals surface area contributed by atoms with Gasteiger partial charge in [-0.3, -0.25) is 4.79 Å². The van der Waals surface area contributed by atoms with Gasteiger partial charge >= 0.3 is 0 Å². The van der Waals surface area contributed by atoms with Crippen LogP contribution in [0.15, 0.2) is 42.5 Å². The first kappa shape index (κ1) is 15.2. The monoisotopic (exact) mass is 304 g/mol. The van der Waals surface area contributed by atoms with Gasteiger partial charge in [-0.15, -0.1) is 0 Å². The van der Waals surface area contributed by atoms with Crippen molar-refractivity contribution >= 4 is 28.9 Å². The number of benzene rings is 2. The molecule has 110 valence electrons. The third kappa shape index (κ3) is 4.13. The zero-order valence-electron chi connectivity index (χ0n) is 11.9. The highest BCUT2D eigenvalue weighted by molar-refractivity contribution is 6.30. The highest BCUT2D eigenvalue weighted by Crippen LogP contribution is 2.23. The molecule has 0 saturated heterocycles. The third-order valence-corrected chi connectivity index (χ3v) is 3.24. The van der Waals surface area contributed by atoms with E-state index < -0.39 is 6.10 Å². The molecule has 1 unspecified atom stereocenters. The van der Waals surface area contributed by atoms with Crippen molar-refractivity contribution in [1.29, 1.82) is 0 Å². The van der Waals surface area contributed by atoms with Crippen LogP contribution in [0.4, 0.5) is 11.4 Å². The van der Waals surface area contributed by atoms with Gasteiger partial charge in [0.05, 0.1) is 0 Å². The first-order valence-corrected chi connectivity index (χ1v) is 6.92. The number of rotatable bonds is 4. The highest BCUT2D eigenvalue weighted by Gasteiger charge is 2.16. The van der Waals surface area contributed by atoms with Gasteiger partial charge < -0.3 is 15.8 Å². The lowest BCUT2D eigenvalue weighted by Gasteiger charge is -2.16. The van der Waals surface area contributed by atoms with Crippen LogP contribution in [0.1, 0.15) is 12.5 Å². The second-order valence-corrected chi connectivity index (χ2v) is 5.22. The number of amides is 1. The van der Waals surface area contributed by atoms with E-state index in [1.54, 1.807) is 43.3 Å². The zero-order valence-corrected chi connectivity index (χ0v) is 12.6. The summed E-state index contributed by atoms with van der Waals surface area (Å²) in [6.07, 6.45) is -0.639. The number of nitrogens with two attached hydrogens (primary N) is 1. The molecule has 4 nitrogen and oxygen atoms in total. The number of hydrogen-bond donors (Lipinski definition) is 2. The Morgan fingerprint density at radius 1 is 1.24 bits per heavy atom. The molecule has 0 aromatic heterocycles. The molecule has 1 amide bonds. The molecule has 0 aliphatic rings. The molecule has 1 atom stereocenters. The zero-order chi connectivity index (χ0) is 15.4. The Bertz CT molecular complexity index is 641. The standard InChI is InChI=1S/C16H17ClN2O2/c1-10-3-4-12(17)9-15(10)21-11(2)16(20)19-14-7-5-13(18)6-8-14/h3-9,11H,18H2,1-2H3,(H,19,20). The summed E-state index contributed by atoms with van der Waals surface area (Å²) in [6, 6.07) is 12.3. The highest BCUT2D eigenvalue weighted by atomic mass is 35.5. The summed E-state index contributed by atoms with van der Waals surface area (Å²) in [5, 5.41) is 3.34. The second kappa shape index (κ2) is 6.50. The summed E-state index contributed by atoms with van der Waals surface area (Å²) in [7, 11) is 0. The number of carbonyl (C=O) groups is 1. The minimum atomic E-state index is -0.639. The predicted octanol–water partition coefficient (Wildman–Crippen LogP) is 3.64. The van der Waals surface area contributed by atoms with Gasteiger partial charge in [0.15, 0.2) is 6.10 Å². The van der Waals surface area contributed by atoms with Crippen LogP contribution in [-0.4, -0.2) is 12.0 Å². The summed E-state index contributed by atoms with van der Waals surface area (Å²) < 4.78 is 5.66. The fourth-order valence-electron chi connectivity index (χ4n) is 1.76. The fraction of sp³-hybridized carbons (Fsp3) is 0.188. The molecule has 2 aromatic rings. The van der Waals surface area contributed by atoms with Crippen molar-refractivity contribution in [3.63, 3.8) is 0 Å². The number of hydrogen-bond acceptors (Lipinski definition) is 3. The first-order valence-electron chi connectivity index (χ1n) is 6.55. The molecular formula is C16H17ClN2O2. The lowest BCUT2D eigenvalue weighted by molar-refractivity contribution is -0.122. The largest absolute Gasteiger partial charge is 0.481 e. The van der Waals surface area contributed by atoms with E-state index in [9.17, 15) is 4.79 Å². The topological polar surface area (TPSA) is 64.3 Å². The van der Waals surface area contributed by atoms with Crippen LogP contribution in [0.25, 0.3) is 0 Å². The molecule has 0 heterocycles. The van der Waals surface area contributed by atoms with Crippen LogP contribution < -0.4 is 15.8 Å². The Labute approximate surface area is 128 Å². The number of aryl methyl sites for hydroxylation is 1. The van der Waals surface area contributed by atoms with Gasteiger partial charge in [0, 0.05) is 16.4 Å². The molecule has 0 saturated carbocycles. The Balaban J connectivity index is 2.02. The van der Waals surface area contributed by atoms with Crippen LogP contribution in [-0.2, 0) is 4.79 Å². The summed E-state index contributed by atoms with van der Waals surface area (Å²) in [6.45, 7) is 3.59. The summed E-state index contributed by atoms with van der Waals surface area (Å²) in [5.41, 5.74) is 7.84. The van der Waals surface area contributed by atoms with Gasteiger partial charge in [-0.05, 0) is 55.8 Å². The minimum absolute atomic E-state index is 0.237. The average Bonchev–Trinajstić information content (AvgIpc) is 2.45. The van der Waals surface area contributed by atoms with Crippen LogP contribution in [0.3, 0.4) is 0 Å². The second-order valence-electron chi connectivity index (χ2n) is 4.78. The maximum Gasteiger partial charge on any atom is 0.265 e. The van der Waals surface area contributed by atoms with E-state index in [1.165, 1.54) is 0 Å². The SMILES string of the molecule is Cc1ccc(Cl)cc1OC(C)C(=O)Nc1ccc(N)cc1. The molecule has 2 rings (SSSR count). The molecule has 2 aromatic carbocycles. The first-order chi connectivity index (χ1) is 9.95. The van der Waals surface area contributed by atoms with Crippen molar-refractivity contribution in [2.24, 2.45) is 0 Å². The molecule has 0 bridgehead atoms. The van der Waals surface area contributed by atoms with Gasteiger partial charge in [0.2, 0.25) is 0 Å². The number of halogens is 1. The molecule has 0 radical (unpaired) electrons. The summed E-state index contributed by atoms with van der Waals surface area (Å²) >= 11 is 5.93. The van der Waals surface area contributed by atoms with E-state index in [-0.39, 0.29) is 5.91 Å². The molecule has 21 heavy (non-hydrogen) atoms. The summed E-state index contributed by atoms with van der Waals surface area (Å²) in [5.74, 6) is 0.363. The lowest BCUT2D eigenvalue weighted by atomic mass is 10.2. The van der Waals surface area contributed by atoms with Crippen molar-refractivity contribution in [2.75, 3.05) is 11.1 Å². The number of anilines is 2. The van der Waals surface area contributed by atoms with Gasteiger partial charge in [0.1, 0.15) is 5.75 Å². The van der Waals surface area contributed by atoms with Crippen molar-refractivity contribution in [2.45, 2.75) is 20.0 Å². The van der Waals surface area contributed by atoms with E-state index in [0.29, 0.717) is 22.1 Å². The van der Waals surface area contributed by atoms with E-state index in [1.807, 2.05) is 13.0 Å². The van der Waals surface area contributed by atoms with Crippen molar-refractivity contribution in [3.8, 4) is 5.75 Å². The Hall–Kier alpha value is -2.20. The normalized spacial score (nSPS) is 11.8. The number of nitrogen functional groups attached to an aromatic ring is 1. The maximum absolute atomic E-state index is 12.1. The number of carbonyl (C=O) groups excluding carboxylic acids is 1. The van der Waals surface area contributed by atoms with E-state index >= 15 is 0 Å². The lowest BCUT2D eigenvalue weighted by Crippen LogP contribution is -2.30. The van der Waals surface area contributed by atoms with Crippen molar-refractivity contribution < 1.29 is 9.53 Å². The smallest absolute Gasteiger partial charge is 0.265 e. The van der Waals surface area contributed by atoms with E-state index in [0.717, 1.165) is 5.56 Å². The quantitative estimate of drug-likeness (QED) is 0.848. The molecule has 0 fully saturated rings. The van der Waals surface area contributed by atoms with Gasteiger partial charge in [-0.2, -0.15) is 0 Å². The van der Waals surface area contributed by atoms with Gasteiger partial charge in [0.25, 0.3) is 5.91 Å². The number of nitrogens with one attached hydrogen (secondary N) is 1. The maximum atomic E-state index is 12.1. The minimum Gasteiger partial charge on any atom is -0.481 e. The average molecular weight is 305 g/mol. The molecule has 3 N–H and O–H groups in total. The molecule has 0 aliphatic carbocycles. The van der Waals surface area contributed by atoms with Crippen LogP contribution in [0, 0.1) is 6.92 Å². The number of ether oxygens (including phenoxy) is 1. The Morgan fingerprint density at radius 3 is 2.57 bits per heavy atom.